The number of fused-ring (bicyclic) bond motifs is 1. The Balaban J connectivity index is 1.81. The van der Waals surface area contributed by atoms with Crippen LogP contribution in [0, 0.1) is 0 Å². The fourth-order valence-electron chi connectivity index (χ4n) is 4.26. The third kappa shape index (κ3) is 4.51. The highest BCUT2D eigenvalue weighted by atomic mass is 19.4. The second kappa shape index (κ2) is 9.28. The predicted octanol–water partition coefficient (Wildman–Crippen LogP) is 4.67. The maximum absolute atomic E-state index is 13.6. The lowest BCUT2D eigenvalue weighted by atomic mass is 9.79. The first-order valence-corrected chi connectivity index (χ1v) is 10.6. The Bertz CT molecular complexity index is 1250. The van der Waals surface area contributed by atoms with E-state index in [-0.39, 0.29) is 17.2 Å². The van der Waals surface area contributed by atoms with E-state index in [1.807, 2.05) is 0 Å². The smallest absolute Gasteiger partial charge is 0.416 e. The van der Waals surface area contributed by atoms with Crippen LogP contribution in [-0.4, -0.2) is 43.0 Å². The van der Waals surface area contributed by atoms with E-state index in [2.05, 4.69) is 10.3 Å². The Morgan fingerprint density at radius 2 is 1.71 bits per heavy atom. The molecule has 2 atom stereocenters. The third-order valence-corrected chi connectivity index (χ3v) is 5.96. The molecule has 182 valence electrons. The van der Waals surface area contributed by atoms with Crippen molar-refractivity contribution in [2.24, 2.45) is 0 Å². The number of anilines is 1. The van der Waals surface area contributed by atoms with Crippen molar-refractivity contribution < 1.29 is 32.2 Å². The molecule has 1 aliphatic heterocycles. The van der Waals surface area contributed by atoms with Crippen molar-refractivity contribution in [3.05, 3.63) is 83.2 Å². The molecule has 1 N–H and O–H groups in total. The molecule has 2 aromatic carbocycles. The topological polar surface area (TPSA) is 80.8 Å². The van der Waals surface area contributed by atoms with E-state index in [1.54, 1.807) is 37.6 Å². The number of hydrogen-bond donors (Lipinski definition) is 1. The molecule has 2 amide bonds. The van der Waals surface area contributed by atoms with E-state index >= 15 is 0 Å². The number of pyridine rings is 1. The monoisotopic (exact) mass is 485 g/mol. The lowest BCUT2D eigenvalue weighted by Crippen LogP contribution is -2.44. The fourth-order valence-corrected chi connectivity index (χ4v) is 4.26. The van der Waals surface area contributed by atoms with Gasteiger partial charge in [-0.3, -0.25) is 14.6 Å². The molecule has 35 heavy (non-hydrogen) atoms. The summed E-state index contributed by atoms with van der Waals surface area (Å²) >= 11 is 0. The molecule has 0 fully saturated rings. The molecule has 0 bridgehead atoms. The number of hydrogen-bond acceptors (Lipinski definition) is 5. The van der Waals surface area contributed by atoms with Gasteiger partial charge in [-0.15, -0.1) is 0 Å². The summed E-state index contributed by atoms with van der Waals surface area (Å²) in [5.74, 6) is -1.09. The van der Waals surface area contributed by atoms with Crippen molar-refractivity contribution in [2.75, 3.05) is 26.6 Å². The number of halogens is 3. The van der Waals surface area contributed by atoms with Crippen LogP contribution in [0.4, 0.5) is 18.9 Å². The van der Waals surface area contributed by atoms with Crippen molar-refractivity contribution in [1.82, 2.24) is 9.88 Å². The van der Waals surface area contributed by atoms with Crippen LogP contribution in [-0.2, 0) is 11.0 Å². The van der Waals surface area contributed by atoms with Crippen LogP contribution in [0.2, 0.25) is 0 Å². The average molecular weight is 485 g/mol. The van der Waals surface area contributed by atoms with Gasteiger partial charge in [-0.1, -0.05) is 6.07 Å². The Labute approximate surface area is 199 Å². The molecule has 4 rings (SSSR count). The minimum Gasteiger partial charge on any atom is -0.493 e. The number of amides is 2. The lowest BCUT2D eigenvalue weighted by Gasteiger charge is -2.39. The molecule has 2 heterocycles. The van der Waals surface area contributed by atoms with E-state index in [1.165, 1.54) is 37.3 Å². The zero-order valence-electron chi connectivity index (χ0n) is 19.1. The number of carbonyl (C=O) groups excluding carboxylic acids is 2. The predicted molar refractivity (Wildman–Crippen MR) is 121 cm³/mol. The summed E-state index contributed by atoms with van der Waals surface area (Å²) in [5.41, 5.74) is 0.654. The molecule has 0 radical (unpaired) electrons. The molecule has 7 nitrogen and oxygen atoms in total. The Kier molecular flexibility index (Phi) is 6.38. The number of methoxy groups -OCH3 is 2. The van der Waals surface area contributed by atoms with Crippen molar-refractivity contribution in [3.63, 3.8) is 0 Å². The number of carbonyl (C=O) groups is 2. The molecule has 3 aromatic rings. The van der Waals surface area contributed by atoms with Crippen LogP contribution in [0.5, 0.6) is 11.5 Å². The summed E-state index contributed by atoms with van der Waals surface area (Å²) in [5, 5.41) is 2.70. The number of likely N-dealkylation sites (N-methyl/N-ethyl adjacent to an activating group) is 1. The summed E-state index contributed by atoms with van der Waals surface area (Å²) in [6, 6.07) is 9.99. The highest BCUT2D eigenvalue weighted by Gasteiger charge is 2.43. The normalized spacial score (nSPS) is 17.5. The molecule has 1 aliphatic rings. The lowest BCUT2D eigenvalue weighted by molar-refractivity contribution is -0.137. The van der Waals surface area contributed by atoms with Crippen molar-refractivity contribution in [1.29, 1.82) is 0 Å². The molecule has 0 unspecified atom stereocenters. The van der Waals surface area contributed by atoms with Gasteiger partial charge >= 0.3 is 6.18 Å². The molecule has 0 spiro atoms. The Morgan fingerprint density at radius 1 is 1.06 bits per heavy atom. The Morgan fingerprint density at radius 3 is 2.29 bits per heavy atom. The van der Waals surface area contributed by atoms with Crippen molar-refractivity contribution in [3.8, 4) is 11.5 Å². The van der Waals surface area contributed by atoms with Gasteiger partial charge < -0.3 is 19.7 Å². The van der Waals surface area contributed by atoms with Crippen LogP contribution in [0.25, 0.3) is 0 Å². The Hall–Kier alpha value is -4.08. The van der Waals surface area contributed by atoms with Gasteiger partial charge in [0.15, 0.2) is 11.5 Å². The van der Waals surface area contributed by atoms with E-state index in [9.17, 15) is 22.8 Å². The van der Waals surface area contributed by atoms with Gasteiger partial charge in [-0.2, -0.15) is 13.2 Å². The van der Waals surface area contributed by atoms with Crippen LogP contribution in [0.1, 0.15) is 39.0 Å². The number of aromatic nitrogens is 1. The quantitative estimate of drug-likeness (QED) is 0.568. The second-order valence-electron chi connectivity index (χ2n) is 7.98. The number of nitrogens with zero attached hydrogens (tertiary/aromatic N) is 2. The molecule has 0 saturated heterocycles. The molecule has 10 heteroatoms. The fraction of sp³-hybridized carbons (Fsp3) is 0.240. The minimum atomic E-state index is -4.49. The summed E-state index contributed by atoms with van der Waals surface area (Å²) in [6.07, 6.45) is -1.35. The number of nitrogens with one attached hydrogen (secondary N) is 1. The number of ether oxygens (including phenoxy) is 2. The SMILES string of the molecule is COc1cc2c(cc1OC)[C@H](C(=O)Nc1ccc(C(F)(F)F)cc1)[C@H](c1cccnc1)N(C)C2=O. The van der Waals surface area contributed by atoms with Gasteiger partial charge in [0.2, 0.25) is 5.91 Å². The van der Waals surface area contributed by atoms with Gasteiger partial charge in [0.05, 0.1) is 31.7 Å². The van der Waals surface area contributed by atoms with Crippen LogP contribution in [0.15, 0.2) is 60.9 Å². The van der Waals surface area contributed by atoms with Gasteiger partial charge in [0, 0.05) is 30.7 Å². The summed E-state index contributed by atoms with van der Waals surface area (Å²) in [6.45, 7) is 0. The molecule has 0 saturated carbocycles. The zero-order chi connectivity index (χ0) is 25.3. The minimum absolute atomic E-state index is 0.189. The maximum atomic E-state index is 13.6. The number of benzene rings is 2. The van der Waals surface area contributed by atoms with E-state index in [0.717, 1.165) is 12.1 Å². The molecule has 1 aromatic heterocycles. The summed E-state index contributed by atoms with van der Waals surface area (Å²) in [7, 11) is 4.46. The average Bonchev–Trinajstić information content (AvgIpc) is 2.85. The first-order valence-electron chi connectivity index (χ1n) is 10.6. The highest BCUT2D eigenvalue weighted by Crippen LogP contribution is 2.45. The van der Waals surface area contributed by atoms with Gasteiger partial charge in [-0.25, -0.2) is 0 Å². The molecular formula is C25H22F3N3O4. The van der Waals surface area contributed by atoms with Gasteiger partial charge in [0.25, 0.3) is 5.91 Å². The standard InChI is InChI=1S/C25H22F3N3O4/c1-31-22(14-5-4-10-29-13-14)21(17-11-19(34-2)20(35-3)12-18(17)24(31)33)23(32)30-16-8-6-15(7-9-16)25(26,27)28/h4-13,21-22H,1-3H3,(H,30,32)/t21-,22-/m0/s1. The summed E-state index contributed by atoms with van der Waals surface area (Å²) in [4.78, 5) is 32.5. The van der Waals surface area contributed by atoms with Crippen molar-refractivity contribution in [2.45, 2.75) is 18.1 Å². The van der Waals surface area contributed by atoms with Gasteiger partial charge in [-0.05, 0) is 53.6 Å². The molecular weight excluding hydrogens is 463 g/mol. The zero-order valence-corrected chi connectivity index (χ0v) is 19.1. The highest BCUT2D eigenvalue weighted by molar-refractivity contribution is 6.04. The van der Waals surface area contributed by atoms with Crippen molar-refractivity contribution >= 4 is 17.5 Å². The maximum Gasteiger partial charge on any atom is 0.416 e. The first-order chi connectivity index (χ1) is 16.7. The van der Waals surface area contributed by atoms with Gasteiger partial charge in [0.1, 0.15) is 0 Å². The van der Waals surface area contributed by atoms with E-state index < -0.39 is 29.6 Å². The second-order valence-corrected chi connectivity index (χ2v) is 7.98. The largest absolute Gasteiger partial charge is 0.493 e. The van der Waals surface area contributed by atoms with E-state index in [4.69, 9.17) is 9.47 Å². The van der Waals surface area contributed by atoms with Crippen LogP contribution < -0.4 is 14.8 Å². The van der Waals surface area contributed by atoms with Crippen LogP contribution >= 0.6 is 0 Å². The van der Waals surface area contributed by atoms with Crippen LogP contribution in [0.3, 0.4) is 0 Å². The third-order valence-electron chi connectivity index (χ3n) is 5.96. The van der Waals surface area contributed by atoms with E-state index in [0.29, 0.717) is 22.6 Å². The molecule has 0 aliphatic carbocycles. The number of rotatable bonds is 5. The summed E-state index contributed by atoms with van der Waals surface area (Å²) < 4.78 is 49.5. The first kappa shape index (κ1) is 24.1. The number of alkyl halides is 3.